The summed E-state index contributed by atoms with van der Waals surface area (Å²) in [6.07, 6.45) is 0. The molecule has 3 N–H and O–H groups in total. The highest BCUT2D eigenvalue weighted by molar-refractivity contribution is 9.10. The van der Waals surface area contributed by atoms with Gasteiger partial charge in [0.2, 0.25) is 0 Å². The summed E-state index contributed by atoms with van der Waals surface area (Å²) in [6.45, 7) is 0. The molecule has 5 heteroatoms. The van der Waals surface area contributed by atoms with Crippen LogP contribution in [0.1, 0.15) is 10.4 Å². The maximum atomic E-state index is 11.1. The highest BCUT2D eigenvalue weighted by Crippen LogP contribution is 2.35. The van der Waals surface area contributed by atoms with Crippen LogP contribution in [-0.2, 0) is 0 Å². The zero-order valence-corrected chi connectivity index (χ0v) is 11.7. The predicted octanol–water partition coefficient (Wildman–Crippen LogP) is 3.88. The molecule has 2 aromatic carbocycles. The second kappa shape index (κ2) is 5.46. The van der Waals surface area contributed by atoms with E-state index in [2.05, 4.69) is 15.9 Å². The van der Waals surface area contributed by atoms with Crippen LogP contribution in [0.15, 0.2) is 56.7 Å². The first kappa shape index (κ1) is 13.0. The van der Waals surface area contributed by atoms with Crippen molar-refractivity contribution in [3.63, 3.8) is 0 Å². The number of nitrogens with two attached hydrogens (primary N) is 1. The van der Waals surface area contributed by atoms with Gasteiger partial charge in [0.25, 0.3) is 0 Å². The van der Waals surface area contributed by atoms with Crippen LogP contribution in [-0.4, -0.2) is 11.1 Å². The Balaban J connectivity index is 2.39. The molecule has 0 heterocycles. The van der Waals surface area contributed by atoms with Crippen molar-refractivity contribution in [1.82, 2.24) is 0 Å². The minimum absolute atomic E-state index is 0.225. The first-order valence-corrected chi connectivity index (χ1v) is 6.74. The molecule has 0 aliphatic carbocycles. The van der Waals surface area contributed by atoms with E-state index in [0.717, 1.165) is 9.37 Å². The normalized spacial score (nSPS) is 10.3. The summed E-state index contributed by atoms with van der Waals surface area (Å²) in [5.41, 5.74) is 6.54. The average molecular weight is 324 g/mol. The number of carboxylic acids is 1. The van der Waals surface area contributed by atoms with E-state index in [-0.39, 0.29) is 5.56 Å². The third-order valence-corrected chi connectivity index (χ3v) is 4.01. The smallest absolute Gasteiger partial charge is 0.336 e. The molecule has 2 aromatic rings. The van der Waals surface area contributed by atoms with E-state index in [1.807, 2.05) is 24.3 Å². The third kappa shape index (κ3) is 2.86. The molecule has 0 aliphatic rings. The first-order valence-electron chi connectivity index (χ1n) is 5.13. The average Bonchev–Trinajstić information content (AvgIpc) is 2.34. The van der Waals surface area contributed by atoms with Crippen LogP contribution in [0.4, 0.5) is 5.69 Å². The minimum Gasteiger partial charge on any atom is -0.478 e. The van der Waals surface area contributed by atoms with Crippen LogP contribution in [0.2, 0.25) is 0 Å². The molecule has 0 saturated heterocycles. The van der Waals surface area contributed by atoms with Crippen molar-refractivity contribution >= 4 is 39.3 Å². The molecule has 92 valence electrons. The van der Waals surface area contributed by atoms with E-state index >= 15 is 0 Å². The van der Waals surface area contributed by atoms with E-state index in [4.69, 9.17) is 10.8 Å². The van der Waals surface area contributed by atoms with Crippen molar-refractivity contribution in [2.75, 3.05) is 5.73 Å². The molecule has 0 aromatic heterocycles. The number of nitrogen functional groups attached to an aromatic ring is 1. The summed E-state index contributed by atoms with van der Waals surface area (Å²) >= 11 is 4.71. The van der Waals surface area contributed by atoms with E-state index in [9.17, 15) is 4.79 Å². The molecule has 3 nitrogen and oxygen atoms in total. The topological polar surface area (TPSA) is 63.3 Å². The van der Waals surface area contributed by atoms with Gasteiger partial charge in [0.1, 0.15) is 0 Å². The molecule has 2 rings (SSSR count). The van der Waals surface area contributed by atoms with Crippen LogP contribution in [0.5, 0.6) is 0 Å². The molecular weight excluding hydrogens is 314 g/mol. The Bertz CT molecular complexity index is 584. The first-order chi connectivity index (χ1) is 8.58. The lowest BCUT2D eigenvalue weighted by atomic mass is 10.2. The van der Waals surface area contributed by atoms with Crippen LogP contribution in [0.25, 0.3) is 0 Å². The molecule has 0 unspecified atom stereocenters. The Morgan fingerprint density at radius 1 is 1.17 bits per heavy atom. The number of rotatable bonds is 3. The lowest BCUT2D eigenvalue weighted by molar-refractivity contribution is 0.0693. The lowest BCUT2D eigenvalue weighted by Gasteiger charge is -2.08. The maximum absolute atomic E-state index is 11.1. The number of benzene rings is 2. The molecule has 0 bridgehead atoms. The molecule has 0 atom stereocenters. The molecular formula is C13H10BrNO2S. The van der Waals surface area contributed by atoms with Gasteiger partial charge < -0.3 is 10.8 Å². The van der Waals surface area contributed by atoms with Gasteiger partial charge in [0.05, 0.1) is 5.56 Å². The van der Waals surface area contributed by atoms with Crippen LogP contribution < -0.4 is 5.73 Å². The Kier molecular flexibility index (Phi) is 3.93. The largest absolute Gasteiger partial charge is 0.478 e. The molecule has 18 heavy (non-hydrogen) atoms. The van der Waals surface area contributed by atoms with E-state index in [1.54, 1.807) is 18.2 Å². The lowest BCUT2D eigenvalue weighted by Crippen LogP contribution is -2.01. The van der Waals surface area contributed by atoms with Crippen molar-refractivity contribution < 1.29 is 9.90 Å². The van der Waals surface area contributed by atoms with Gasteiger partial charge in [-0.1, -0.05) is 33.8 Å². The fraction of sp³-hybridized carbons (Fsp3) is 0. The van der Waals surface area contributed by atoms with Gasteiger partial charge in [-0.2, -0.15) is 0 Å². The maximum Gasteiger partial charge on any atom is 0.336 e. The molecule has 0 amide bonds. The second-order valence-electron chi connectivity index (χ2n) is 3.59. The molecule has 0 saturated carbocycles. The third-order valence-electron chi connectivity index (χ3n) is 2.31. The molecule has 0 fully saturated rings. The number of hydrogen-bond acceptors (Lipinski definition) is 3. The van der Waals surface area contributed by atoms with Crippen molar-refractivity contribution in [2.24, 2.45) is 0 Å². The minimum atomic E-state index is -0.970. The number of carbonyl (C=O) groups is 1. The Hall–Kier alpha value is -1.46. The molecule has 0 aliphatic heterocycles. The predicted molar refractivity (Wildman–Crippen MR) is 76.1 cm³/mol. The summed E-state index contributed by atoms with van der Waals surface area (Å²) in [5, 5.41) is 9.14. The zero-order valence-electron chi connectivity index (χ0n) is 9.26. The van der Waals surface area contributed by atoms with E-state index in [0.29, 0.717) is 10.6 Å². The van der Waals surface area contributed by atoms with Gasteiger partial charge in [-0.05, 0) is 36.4 Å². The van der Waals surface area contributed by atoms with Gasteiger partial charge >= 0.3 is 5.97 Å². The van der Waals surface area contributed by atoms with Gasteiger partial charge in [-0.3, -0.25) is 0 Å². The quantitative estimate of drug-likeness (QED) is 0.841. The van der Waals surface area contributed by atoms with Gasteiger partial charge in [0, 0.05) is 20.0 Å². The number of carboxylic acid groups (broad SMARTS) is 1. The Labute approximate surface area is 117 Å². The SMILES string of the molecule is Nc1cccc(C(=O)O)c1Sc1ccc(Br)cc1. The highest BCUT2D eigenvalue weighted by atomic mass is 79.9. The van der Waals surface area contributed by atoms with Crippen molar-refractivity contribution in [2.45, 2.75) is 9.79 Å². The summed E-state index contributed by atoms with van der Waals surface area (Å²) in [7, 11) is 0. The monoisotopic (exact) mass is 323 g/mol. The second-order valence-corrected chi connectivity index (χ2v) is 5.58. The Morgan fingerprint density at radius 2 is 1.83 bits per heavy atom. The summed E-state index contributed by atoms with van der Waals surface area (Å²) < 4.78 is 0.978. The fourth-order valence-electron chi connectivity index (χ4n) is 1.46. The number of anilines is 1. The summed E-state index contributed by atoms with van der Waals surface area (Å²) in [5.74, 6) is -0.970. The van der Waals surface area contributed by atoms with Gasteiger partial charge in [0.15, 0.2) is 0 Å². The van der Waals surface area contributed by atoms with Crippen molar-refractivity contribution in [1.29, 1.82) is 0 Å². The van der Waals surface area contributed by atoms with Crippen LogP contribution in [0.3, 0.4) is 0 Å². The number of aromatic carboxylic acids is 1. The summed E-state index contributed by atoms with van der Waals surface area (Å²) in [6, 6.07) is 12.5. The Morgan fingerprint density at radius 3 is 2.44 bits per heavy atom. The van der Waals surface area contributed by atoms with Crippen molar-refractivity contribution in [3.8, 4) is 0 Å². The van der Waals surface area contributed by atoms with Crippen molar-refractivity contribution in [3.05, 3.63) is 52.5 Å². The van der Waals surface area contributed by atoms with Crippen LogP contribution >= 0.6 is 27.7 Å². The molecule has 0 spiro atoms. The fourth-order valence-corrected chi connectivity index (χ4v) is 2.68. The van der Waals surface area contributed by atoms with Gasteiger partial charge in [-0.25, -0.2) is 4.79 Å². The standard InChI is InChI=1S/C13H10BrNO2S/c14-8-4-6-9(7-5-8)18-12-10(13(16)17)2-1-3-11(12)15/h1-7H,15H2,(H,16,17). The van der Waals surface area contributed by atoms with E-state index in [1.165, 1.54) is 11.8 Å². The van der Waals surface area contributed by atoms with Crippen LogP contribution in [0, 0.1) is 0 Å². The van der Waals surface area contributed by atoms with Gasteiger partial charge in [-0.15, -0.1) is 0 Å². The highest BCUT2D eigenvalue weighted by Gasteiger charge is 2.13. The van der Waals surface area contributed by atoms with E-state index < -0.39 is 5.97 Å². The number of hydrogen-bond donors (Lipinski definition) is 2. The zero-order chi connectivity index (χ0) is 13.1. The molecule has 0 radical (unpaired) electrons. The summed E-state index contributed by atoms with van der Waals surface area (Å²) in [4.78, 5) is 12.7. The number of halogens is 1.